The van der Waals surface area contributed by atoms with Crippen LogP contribution in [0, 0.1) is 6.92 Å². The summed E-state index contributed by atoms with van der Waals surface area (Å²) in [6, 6.07) is 17.7. The van der Waals surface area contributed by atoms with Crippen molar-refractivity contribution in [2.75, 3.05) is 23.7 Å². The van der Waals surface area contributed by atoms with Gasteiger partial charge in [0, 0.05) is 35.7 Å². The number of aromatic nitrogens is 2. The zero-order chi connectivity index (χ0) is 20.5. The summed E-state index contributed by atoms with van der Waals surface area (Å²) in [4.78, 5) is 11.7. The van der Waals surface area contributed by atoms with Crippen molar-refractivity contribution in [1.82, 2.24) is 9.97 Å². The summed E-state index contributed by atoms with van der Waals surface area (Å²) >= 11 is 0. The maximum Gasteiger partial charge on any atom is 0.150 e. The van der Waals surface area contributed by atoms with Crippen LogP contribution in [0.25, 0.3) is 21.8 Å². The molecule has 3 heterocycles. The second-order valence-electron chi connectivity index (χ2n) is 8.47. The molecule has 5 rings (SSSR count). The molecule has 0 radical (unpaired) electrons. The van der Waals surface area contributed by atoms with Crippen LogP contribution in [0.15, 0.2) is 54.7 Å². The Bertz CT molecular complexity index is 1190. The Hall–Kier alpha value is -3.14. The Balaban J connectivity index is 1.37. The molecule has 0 amide bonds. The summed E-state index contributed by atoms with van der Waals surface area (Å²) in [5.41, 5.74) is 13.1. The van der Waals surface area contributed by atoms with E-state index in [1.54, 1.807) is 0 Å². The van der Waals surface area contributed by atoms with Crippen LogP contribution in [-0.4, -0.2) is 23.1 Å². The van der Waals surface area contributed by atoms with Crippen LogP contribution in [-0.2, 0) is 12.8 Å². The molecule has 4 nitrogen and oxygen atoms in total. The number of hydrogen-bond donors (Lipinski definition) is 1. The summed E-state index contributed by atoms with van der Waals surface area (Å²) < 4.78 is 0. The molecular weight excluding hydrogens is 368 g/mol. The van der Waals surface area contributed by atoms with Gasteiger partial charge in [-0.2, -0.15) is 0 Å². The van der Waals surface area contributed by atoms with Crippen LogP contribution in [0.2, 0.25) is 0 Å². The molecule has 2 aromatic heterocycles. The molecule has 0 atom stereocenters. The highest BCUT2D eigenvalue weighted by atomic mass is 15.1. The van der Waals surface area contributed by atoms with Crippen molar-refractivity contribution >= 4 is 33.3 Å². The van der Waals surface area contributed by atoms with Crippen LogP contribution in [0.3, 0.4) is 0 Å². The molecule has 2 N–H and O–H groups in total. The Morgan fingerprint density at radius 1 is 0.867 bits per heavy atom. The normalized spacial score (nSPS) is 14.5. The fourth-order valence-corrected chi connectivity index (χ4v) is 4.51. The van der Waals surface area contributed by atoms with Crippen LogP contribution in [0.5, 0.6) is 0 Å². The molecule has 1 aliphatic heterocycles. The van der Waals surface area contributed by atoms with E-state index >= 15 is 0 Å². The van der Waals surface area contributed by atoms with Gasteiger partial charge < -0.3 is 10.6 Å². The van der Waals surface area contributed by atoms with Crippen molar-refractivity contribution < 1.29 is 0 Å². The number of rotatable bonds is 4. The Kier molecular flexibility index (Phi) is 4.99. The fourth-order valence-electron chi connectivity index (χ4n) is 4.51. The highest BCUT2D eigenvalue weighted by Gasteiger charge is 2.11. The quantitative estimate of drug-likeness (QED) is 0.466. The van der Waals surface area contributed by atoms with Crippen molar-refractivity contribution in [3.63, 3.8) is 0 Å². The van der Waals surface area contributed by atoms with Gasteiger partial charge in [0.05, 0.1) is 5.52 Å². The number of nitrogens with two attached hydrogens (primary N) is 1. The van der Waals surface area contributed by atoms with Crippen molar-refractivity contribution in [1.29, 1.82) is 0 Å². The average Bonchev–Trinajstić information content (AvgIpc) is 2.78. The first-order chi connectivity index (χ1) is 14.7. The number of anilines is 2. The molecule has 4 aromatic rings. The predicted molar refractivity (Wildman–Crippen MR) is 126 cm³/mol. The van der Waals surface area contributed by atoms with E-state index in [1.807, 2.05) is 6.20 Å². The molecule has 0 saturated carbocycles. The van der Waals surface area contributed by atoms with Gasteiger partial charge in [-0.15, -0.1) is 0 Å². The van der Waals surface area contributed by atoms with Crippen LogP contribution in [0.1, 0.15) is 36.0 Å². The molecule has 1 saturated heterocycles. The van der Waals surface area contributed by atoms with E-state index in [-0.39, 0.29) is 0 Å². The highest BCUT2D eigenvalue weighted by Crippen LogP contribution is 2.28. The molecule has 1 aliphatic rings. The van der Waals surface area contributed by atoms with Crippen molar-refractivity contribution in [2.24, 2.45) is 0 Å². The third-order valence-corrected chi connectivity index (χ3v) is 6.23. The van der Waals surface area contributed by atoms with Gasteiger partial charge in [-0.1, -0.05) is 24.3 Å². The molecule has 30 heavy (non-hydrogen) atoms. The molecule has 0 spiro atoms. The highest BCUT2D eigenvalue weighted by molar-refractivity contribution is 6.08. The second kappa shape index (κ2) is 7.94. The lowest BCUT2D eigenvalue weighted by molar-refractivity contribution is 0.578. The van der Waals surface area contributed by atoms with Gasteiger partial charge >= 0.3 is 0 Å². The SMILES string of the molecule is Cc1ccc2c(c1)nc(N)c1ncc(CCc3ccc(N4CCCCC4)cc3)cc12. The number of piperidine rings is 1. The van der Waals surface area contributed by atoms with Crippen LogP contribution in [0.4, 0.5) is 11.5 Å². The van der Waals surface area contributed by atoms with Crippen molar-refractivity contribution in [3.05, 3.63) is 71.4 Å². The topological polar surface area (TPSA) is 55.0 Å². The van der Waals surface area contributed by atoms with E-state index in [1.165, 1.54) is 54.7 Å². The Labute approximate surface area is 177 Å². The summed E-state index contributed by atoms with van der Waals surface area (Å²) in [6.07, 6.45) is 7.90. The van der Waals surface area contributed by atoms with E-state index in [0.717, 1.165) is 34.6 Å². The predicted octanol–water partition coefficient (Wildman–Crippen LogP) is 5.45. The van der Waals surface area contributed by atoms with Gasteiger partial charge in [-0.05, 0) is 80.0 Å². The smallest absolute Gasteiger partial charge is 0.150 e. The minimum atomic E-state index is 0.503. The maximum absolute atomic E-state index is 6.19. The lowest BCUT2D eigenvalue weighted by atomic mass is 10.0. The van der Waals surface area contributed by atoms with E-state index in [0.29, 0.717) is 5.82 Å². The number of fused-ring (bicyclic) bond motifs is 3. The largest absolute Gasteiger partial charge is 0.382 e. The summed E-state index contributed by atoms with van der Waals surface area (Å²) in [7, 11) is 0. The molecule has 0 bridgehead atoms. The molecule has 0 unspecified atom stereocenters. The van der Waals surface area contributed by atoms with Crippen LogP contribution >= 0.6 is 0 Å². The fraction of sp³-hybridized carbons (Fsp3) is 0.308. The van der Waals surface area contributed by atoms with Crippen molar-refractivity contribution in [2.45, 2.75) is 39.0 Å². The Morgan fingerprint density at radius 3 is 2.43 bits per heavy atom. The first-order valence-electron chi connectivity index (χ1n) is 11.0. The second-order valence-corrected chi connectivity index (χ2v) is 8.47. The first kappa shape index (κ1) is 18.9. The van der Waals surface area contributed by atoms with Crippen LogP contribution < -0.4 is 10.6 Å². The van der Waals surface area contributed by atoms with Gasteiger partial charge in [-0.3, -0.25) is 4.98 Å². The minimum absolute atomic E-state index is 0.503. The lowest BCUT2D eigenvalue weighted by Crippen LogP contribution is -2.29. The third kappa shape index (κ3) is 3.70. The standard InChI is InChI=1S/C26H28N4/c1-18-5-12-22-23-16-20(17-28-25(23)26(27)29-24(22)15-18)7-6-19-8-10-21(11-9-19)30-13-3-2-4-14-30/h5,8-12,15-17H,2-4,6-7,13-14H2,1H3,(H2,27,29). The zero-order valence-corrected chi connectivity index (χ0v) is 17.6. The minimum Gasteiger partial charge on any atom is -0.382 e. The summed E-state index contributed by atoms with van der Waals surface area (Å²) in [6.45, 7) is 4.45. The number of pyridine rings is 2. The number of nitrogens with zero attached hydrogens (tertiary/aromatic N) is 3. The molecule has 2 aromatic carbocycles. The van der Waals surface area contributed by atoms with E-state index < -0.39 is 0 Å². The van der Waals surface area contributed by atoms with Gasteiger partial charge in [0.2, 0.25) is 0 Å². The van der Waals surface area contributed by atoms with Gasteiger partial charge in [0.25, 0.3) is 0 Å². The van der Waals surface area contributed by atoms with Gasteiger partial charge in [0.1, 0.15) is 5.52 Å². The molecule has 4 heteroatoms. The maximum atomic E-state index is 6.19. The van der Waals surface area contributed by atoms with Gasteiger partial charge in [0.15, 0.2) is 5.82 Å². The molecule has 152 valence electrons. The first-order valence-corrected chi connectivity index (χ1v) is 11.0. The number of hydrogen-bond acceptors (Lipinski definition) is 4. The van der Waals surface area contributed by atoms with Gasteiger partial charge in [-0.25, -0.2) is 4.98 Å². The number of nitrogen functional groups attached to an aromatic ring is 1. The molecular formula is C26H28N4. The monoisotopic (exact) mass is 396 g/mol. The third-order valence-electron chi connectivity index (χ3n) is 6.23. The van der Waals surface area contributed by atoms with Crippen molar-refractivity contribution in [3.8, 4) is 0 Å². The number of benzene rings is 2. The van der Waals surface area contributed by atoms with E-state index in [2.05, 4.69) is 70.3 Å². The Morgan fingerprint density at radius 2 is 1.63 bits per heavy atom. The van der Waals surface area contributed by atoms with E-state index in [4.69, 9.17) is 5.73 Å². The summed E-state index contributed by atoms with van der Waals surface area (Å²) in [5, 5.41) is 2.21. The summed E-state index contributed by atoms with van der Waals surface area (Å²) in [5.74, 6) is 0.503. The lowest BCUT2D eigenvalue weighted by Gasteiger charge is -2.28. The average molecular weight is 397 g/mol. The zero-order valence-electron chi connectivity index (χ0n) is 17.6. The van der Waals surface area contributed by atoms with E-state index in [9.17, 15) is 0 Å². The molecule has 1 fully saturated rings. The number of aryl methyl sites for hydroxylation is 3. The molecule has 0 aliphatic carbocycles.